The molecule has 0 aliphatic heterocycles. The monoisotopic (exact) mass is 399 g/mol. The summed E-state index contributed by atoms with van der Waals surface area (Å²) < 4.78 is 4.60. The Morgan fingerprint density at radius 1 is 1.08 bits per heavy atom. The Balaban J connectivity index is 2.07. The minimum absolute atomic E-state index is 0.246. The zero-order valence-corrected chi connectivity index (χ0v) is 15.6. The van der Waals surface area contributed by atoms with E-state index in [-0.39, 0.29) is 11.8 Å². The average molecular weight is 400 g/mol. The summed E-state index contributed by atoms with van der Waals surface area (Å²) in [5.74, 6) is -0.944. The van der Waals surface area contributed by atoms with E-state index in [1.807, 2.05) is 36.4 Å². The molecule has 3 aliphatic rings. The molecule has 5 heteroatoms. The van der Waals surface area contributed by atoms with Gasteiger partial charge in [-0.05, 0) is 22.3 Å². The van der Waals surface area contributed by atoms with E-state index in [2.05, 4.69) is 33.4 Å². The van der Waals surface area contributed by atoms with Crippen molar-refractivity contribution < 1.29 is 14.3 Å². The molecule has 2 aromatic rings. The molecule has 25 heavy (non-hydrogen) atoms. The van der Waals surface area contributed by atoms with Crippen LogP contribution in [-0.2, 0) is 18.7 Å². The highest BCUT2D eigenvalue weighted by atomic mass is 79.9. The number of alkyl halides is 1. The van der Waals surface area contributed by atoms with E-state index in [4.69, 9.17) is 4.74 Å². The maximum absolute atomic E-state index is 12.9. The van der Waals surface area contributed by atoms with Gasteiger partial charge >= 0.3 is 5.97 Å². The summed E-state index contributed by atoms with van der Waals surface area (Å²) in [7, 11) is 1.37. The Morgan fingerprint density at radius 3 is 2.08 bits per heavy atom. The van der Waals surface area contributed by atoms with Gasteiger partial charge in [-0.1, -0.05) is 64.5 Å². The molecule has 2 bridgehead atoms. The first-order valence-electron chi connectivity index (χ1n) is 8.19. The molecule has 0 saturated carbocycles. The predicted octanol–water partition coefficient (Wildman–Crippen LogP) is 3.22. The van der Waals surface area contributed by atoms with Gasteiger partial charge in [0.1, 0.15) is 0 Å². The molecule has 5 rings (SSSR count). The summed E-state index contributed by atoms with van der Waals surface area (Å²) in [5.41, 5.74) is 3.24. The molecule has 1 N–H and O–H groups in total. The maximum Gasteiger partial charge on any atom is 0.332 e. The summed E-state index contributed by atoms with van der Waals surface area (Å²) in [4.78, 5) is 24.9. The minimum atomic E-state index is -1.13. The van der Waals surface area contributed by atoms with E-state index in [0.29, 0.717) is 6.42 Å². The molecule has 0 aromatic heterocycles. The van der Waals surface area contributed by atoms with Crippen LogP contribution in [0.5, 0.6) is 0 Å². The number of halogens is 1. The molecule has 2 aromatic carbocycles. The molecule has 0 radical (unpaired) electrons. The van der Waals surface area contributed by atoms with Gasteiger partial charge in [-0.15, -0.1) is 0 Å². The van der Waals surface area contributed by atoms with E-state index in [0.717, 1.165) is 22.3 Å². The van der Waals surface area contributed by atoms with Crippen LogP contribution in [0.15, 0.2) is 48.5 Å². The molecule has 128 valence electrons. The van der Waals surface area contributed by atoms with Crippen molar-refractivity contribution in [1.82, 2.24) is 5.32 Å². The first-order valence-corrected chi connectivity index (χ1v) is 8.98. The SMILES string of the molecule is COC(=O)C1(NC(C)=O)CC2(Br)c3ccccc3C1c1ccccc12. The third kappa shape index (κ3) is 2.05. The molecule has 3 aliphatic carbocycles. The van der Waals surface area contributed by atoms with Crippen molar-refractivity contribution in [3.63, 3.8) is 0 Å². The van der Waals surface area contributed by atoms with Crippen LogP contribution in [0.3, 0.4) is 0 Å². The number of fused-ring (bicyclic) bond motifs is 1. The molecule has 0 heterocycles. The second kappa shape index (κ2) is 5.43. The molecule has 0 fully saturated rings. The Kier molecular flexibility index (Phi) is 3.55. The Hall–Kier alpha value is -2.14. The lowest BCUT2D eigenvalue weighted by Gasteiger charge is -2.55. The van der Waals surface area contributed by atoms with Crippen molar-refractivity contribution in [3.8, 4) is 0 Å². The molecular weight excluding hydrogens is 382 g/mol. The zero-order valence-electron chi connectivity index (χ0n) is 14.0. The number of rotatable bonds is 2. The van der Waals surface area contributed by atoms with Gasteiger partial charge in [-0.3, -0.25) is 4.79 Å². The lowest BCUT2D eigenvalue weighted by Crippen LogP contribution is -2.65. The molecule has 1 unspecified atom stereocenters. The van der Waals surface area contributed by atoms with Crippen molar-refractivity contribution in [3.05, 3.63) is 70.8 Å². The van der Waals surface area contributed by atoms with Crippen LogP contribution in [0.1, 0.15) is 41.5 Å². The Morgan fingerprint density at radius 2 is 1.60 bits per heavy atom. The van der Waals surface area contributed by atoms with Crippen LogP contribution in [0.4, 0.5) is 0 Å². The fourth-order valence-corrected chi connectivity index (χ4v) is 5.76. The number of nitrogens with one attached hydrogen (secondary N) is 1. The number of carbonyl (C=O) groups is 2. The average Bonchev–Trinajstić information content (AvgIpc) is 2.60. The molecule has 0 spiro atoms. The summed E-state index contributed by atoms with van der Waals surface area (Å²) >= 11 is 3.93. The van der Waals surface area contributed by atoms with E-state index in [1.54, 1.807) is 0 Å². The maximum atomic E-state index is 12.9. The Bertz CT molecular complexity index is 847. The quantitative estimate of drug-likeness (QED) is 0.622. The van der Waals surface area contributed by atoms with Crippen LogP contribution in [0.25, 0.3) is 0 Å². The fraction of sp³-hybridized carbons (Fsp3) is 0.300. The van der Waals surface area contributed by atoms with E-state index >= 15 is 0 Å². The number of carbonyl (C=O) groups excluding carboxylic acids is 2. The standard InChI is InChI=1S/C20H18BrNO3/c1-12(23)22-20(18(24)25-2)11-19(21)15-9-5-3-7-13(15)17(20)14-8-4-6-10-16(14)19/h3-10,17H,11H2,1-2H3,(H,22,23). The second-order valence-corrected chi connectivity index (χ2v) is 8.08. The van der Waals surface area contributed by atoms with Crippen LogP contribution >= 0.6 is 15.9 Å². The number of benzene rings is 2. The van der Waals surface area contributed by atoms with Crippen molar-refractivity contribution in [2.45, 2.75) is 29.1 Å². The van der Waals surface area contributed by atoms with Crippen LogP contribution in [0.2, 0.25) is 0 Å². The normalized spacial score (nSPS) is 28.7. The van der Waals surface area contributed by atoms with Crippen molar-refractivity contribution in [2.75, 3.05) is 7.11 Å². The lowest BCUT2D eigenvalue weighted by atomic mass is 9.55. The fourth-order valence-electron chi connectivity index (χ4n) is 4.59. The third-order valence-corrected chi connectivity index (χ3v) is 6.50. The zero-order chi connectivity index (χ0) is 17.8. The van der Waals surface area contributed by atoms with Gasteiger partial charge in [0.2, 0.25) is 5.91 Å². The number of hydrogen-bond acceptors (Lipinski definition) is 3. The molecule has 4 nitrogen and oxygen atoms in total. The molecular formula is C20H18BrNO3. The minimum Gasteiger partial charge on any atom is -0.467 e. The largest absolute Gasteiger partial charge is 0.467 e. The smallest absolute Gasteiger partial charge is 0.332 e. The molecule has 1 atom stereocenters. The van der Waals surface area contributed by atoms with Gasteiger partial charge in [-0.2, -0.15) is 0 Å². The number of methoxy groups -OCH3 is 1. The van der Waals surface area contributed by atoms with Crippen molar-refractivity contribution >= 4 is 27.8 Å². The van der Waals surface area contributed by atoms with Crippen LogP contribution in [0, 0.1) is 0 Å². The van der Waals surface area contributed by atoms with Gasteiger partial charge in [0.05, 0.1) is 11.4 Å². The summed E-state index contributed by atoms with van der Waals surface area (Å²) in [6, 6.07) is 16.2. The second-order valence-electron chi connectivity index (χ2n) is 6.73. The first-order chi connectivity index (χ1) is 11.9. The number of esters is 1. The summed E-state index contributed by atoms with van der Waals surface area (Å²) in [6.45, 7) is 1.44. The topological polar surface area (TPSA) is 55.4 Å². The van der Waals surface area contributed by atoms with E-state index in [9.17, 15) is 9.59 Å². The van der Waals surface area contributed by atoms with Gasteiger partial charge in [0, 0.05) is 19.3 Å². The van der Waals surface area contributed by atoms with E-state index in [1.165, 1.54) is 14.0 Å². The van der Waals surface area contributed by atoms with Gasteiger partial charge in [-0.25, -0.2) is 4.79 Å². The number of hydrogen-bond donors (Lipinski definition) is 1. The summed E-state index contributed by atoms with van der Waals surface area (Å²) in [6.07, 6.45) is 0.408. The highest BCUT2D eigenvalue weighted by molar-refractivity contribution is 9.09. The van der Waals surface area contributed by atoms with E-state index < -0.39 is 15.8 Å². The van der Waals surface area contributed by atoms with Crippen LogP contribution in [-0.4, -0.2) is 24.5 Å². The van der Waals surface area contributed by atoms with Gasteiger partial charge < -0.3 is 10.1 Å². The first kappa shape index (κ1) is 16.3. The highest BCUT2D eigenvalue weighted by Gasteiger charge is 2.63. The Labute approximate surface area is 154 Å². The summed E-state index contributed by atoms with van der Waals surface area (Å²) in [5, 5.41) is 2.94. The predicted molar refractivity (Wildman–Crippen MR) is 97.6 cm³/mol. The third-order valence-electron chi connectivity index (χ3n) is 5.36. The molecule has 1 amide bonds. The molecule has 0 saturated heterocycles. The van der Waals surface area contributed by atoms with Gasteiger partial charge in [0.15, 0.2) is 5.54 Å². The number of ether oxygens (including phenoxy) is 1. The van der Waals surface area contributed by atoms with Crippen LogP contribution < -0.4 is 5.32 Å². The lowest BCUT2D eigenvalue weighted by molar-refractivity contribution is -0.153. The number of amides is 1. The highest BCUT2D eigenvalue weighted by Crippen LogP contribution is 2.62. The van der Waals surface area contributed by atoms with Crippen molar-refractivity contribution in [1.29, 1.82) is 0 Å². The van der Waals surface area contributed by atoms with Crippen molar-refractivity contribution in [2.24, 2.45) is 0 Å². The van der Waals surface area contributed by atoms with Gasteiger partial charge in [0.25, 0.3) is 0 Å².